The van der Waals surface area contributed by atoms with Crippen LogP contribution in [-0.2, 0) is 29.5 Å². The first kappa shape index (κ1) is 16.7. The van der Waals surface area contributed by atoms with Crippen molar-refractivity contribution in [2.24, 2.45) is 7.05 Å². The molecule has 24 heavy (non-hydrogen) atoms. The molecule has 1 aromatic heterocycles. The normalized spacial score (nSPS) is 16.2. The molecule has 0 aliphatic heterocycles. The van der Waals surface area contributed by atoms with E-state index in [0.29, 0.717) is 32.0 Å². The lowest BCUT2D eigenvalue weighted by Gasteiger charge is -2.23. The van der Waals surface area contributed by atoms with E-state index in [1.54, 1.807) is 11.8 Å². The highest BCUT2D eigenvalue weighted by atomic mass is 16.5. The molecule has 3 rings (SSSR count). The predicted octanol–water partition coefficient (Wildman–Crippen LogP) is 2.52. The third-order valence-electron chi connectivity index (χ3n) is 4.73. The zero-order valence-electron chi connectivity index (χ0n) is 14.4. The molecular formula is C19H25N3O2. The minimum atomic E-state index is 0.192. The number of hydrogen-bond acceptors (Lipinski definition) is 3. The standard InChI is InChI=1S/C19H25N3O2/c1-21-13-15(12-20-21)14-22(9-10-24-2)19(23)11-17-8-7-16-5-3-4-6-18(16)17/h3-6,12-13,17H,7-11,14H2,1-2H3/t17-/m1/s1. The average molecular weight is 327 g/mol. The number of hydrogen-bond donors (Lipinski definition) is 0. The van der Waals surface area contributed by atoms with E-state index in [2.05, 4.69) is 29.4 Å². The average Bonchev–Trinajstić information content (AvgIpc) is 3.18. The molecule has 0 fully saturated rings. The number of carbonyl (C=O) groups excluding carboxylic acids is 1. The van der Waals surface area contributed by atoms with Gasteiger partial charge in [-0.25, -0.2) is 0 Å². The summed E-state index contributed by atoms with van der Waals surface area (Å²) in [5, 5.41) is 4.19. The third kappa shape index (κ3) is 3.85. The minimum Gasteiger partial charge on any atom is -0.383 e. The largest absolute Gasteiger partial charge is 0.383 e. The van der Waals surface area contributed by atoms with Gasteiger partial charge in [-0.1, -0.05) is 24.3 Å². The molecule has 0 saturated carbocycles. The van der Waals surface area contributed by atoms with Crippen molar-refractivity contribution in [1.82, 2.24) is 14.7 Å². The zero-order chi connectivity index (χ0) is 16.9. The number of rotatable bonds is 7. The number of benzene rings is 1. The number of fused-ring (bicyclic) bond motifs is 1. The summed E-state index contributed by atoms with van der Waals surface area (Å²) in [7, 11) is 3.56. The van der Waals surface area contributed by atoms with E-state index in [1.807, 2.05) is 24.3 Å². The fourth-order valence-electron chi connectivity index (χ4n) is 3.46. The number of nitrogens with zero attached hydrogens (tertiary/aromatic N) is 3. The van der Waals surface area contributed by atoms with Crippen LogP contribution >= 0.6 is 0 Å². The maximum atomic E-state index is 12.9. The van der Waals surface area contributed by atoms with Gasteiger partial charge in [-0.15, -0.1) is 0 Å². The Kier molecular flexibility index (Phi) is 5.30. The number of amides is 1. The number of carbonyl (C=O) groups is 1. The second-order valence-electron chi connectivity index (χ2n) is 6.47. The molecule has 1 heterocycles. The second-order valence-corrected chi connectivity index (χ2v) is 6.47. The molecular weight excluding hydrogens is 302 g/mol. The molecule has 0 bridgehead atoms. The van der Waals surface area contributed by atoms with Crippen molar-refractivity contribution in [1.29, 1.82) is 0 Å². The van der Waals surface area contributed by atoms with Gasteiger partial charge in [0.2, 0.25) is 5.91 Å². The summed E-state index contributed by atoms with van der Waals surface area (Å²) in [5.41, 5.74) is 3.79. The van der Waals surface area contributed by atoms with Crippen molar-refractivity contribution in [3.63, 3.8) is 0 Å². The Hall–Kier alpha value is -2.14. The molecule has 0 N–H and O–H groups in total. The Morgan fingerprint density at radius 1 is 1.42 bits per heavy atom. The lowest BCUT2D eigenvalue weighted by molar-refractivity contribution is -0.132. The van der Waals surface area contributed by atoms with E-state index in [0.717, 1.165) is 18.4 Å². The minimum absolute atomic E-state index is 0.192. The Labute approximate surface area is 143 Å². The first-order valence-electron chi connectivity index (χ1n) is 8.49. The van der Waals surface area contributed by atoms with Crippen LogP contribution in [0.25, 0.3) is 0 Å². The first-order valence-corrected chi connectivity index (χ1v) is 8.49. The van der Waals surface area contributed by atoms with Gasteiger partial charge >= 0.3 is 0 Å². The summed E-state index contributed by atoms with van der Waals surface area (Å²) < 4.78 is 6.94. The third-order valence-corrected chi connectivity index (χ3v) is 4.73. The van der Waals surface area contributed by atoms with Crippen LogP contribution in [0.5, 0.6) is 0 Å². The van der Waals surface area contributed by atoms with E-state index >= 15 is 0 Å². The Bertz CT molecular complexity index is 695. The van der Waals surface area contributed by atoms with Gasteiger partial charge in [-0.05, 0) is 29.9 Å². The van der Waals surface area contributed by atoms with Crippen molar-refractivity contribution >= 4 is 5.91 Å². The summed E-state index contributed by atoms with van der Waals surface area (Å²) in [6.45, 7) is 1.75. The topological polar surface area (TPSA) is 47.4 Å². The monoisotopic (exact) mass is 327 g/mol. The van der Waals surface area contributed by atoms with Gasteiger partial charge in [-0.2, -0.15) is 5.10 Å². The van der Waals surface area contributed by atoms with Crippen molar-refractivity contribution in [3.8, 4) is 0 Å². The van der Waals surface area contributed by atoms with E-state index in [1.165, 1.54) is 11.1 Å². The molecule has 1 aliphatic rings. The summed E-state index contributed by atoms with van der Waals surface area (Å²) >= 11 is 0. The van der Waals surface area contributed by atoms with E-state index < -0.39 is 0 Å². The van der Waals surface area contributed by atoms with Crippen LogP contribution < -0.4 is 0 Å². The van der Waals surface area contributed by atoms with Crippen molar-refractivity contribution in [2.75, 3.05) is 20.3 Å². The lowest BCUT2D eigenvalue weighted by atomic mass is 9.97. The van der Waals surface area contributed by atoms with Gasteiger partial charge in [0, 0.05) is 45.4 Å². The molecule has 0 spiro atoms. The number of aryl methyl sites for hydroxylation is 2. The first-order chi connectivity index (χ1) is 11.7. The van der Waals surface area contributed by atoms with Crippen LogP contribution in [0.1, 0.15) is 35.4 Å². The van der Waals surface area contributed by atoms with E-state index in [9.17, 15) is 4.79 Å². The maximum Gasteiger partial charge on any atom is 0.223 e. The van der Waals surface area contributed by atoms with Crippen LogP contribution in [0, 0.1) is 0 Å². The Morgan fingerprint density at radius 2 is 2.25 bits per heavy atom. The molecule has 1 amide bonds. The molecule has 5 heteroatoms. The molecule has 1 atom stereocenters. The predicted molar refractivity (Wildman–Crippen MR) is 92.6 cm³/mol. The SMILES string of the molecule is COCCN(Cc1cnn(C)c1)C(=O)C[C@H]1CCc2ccccc21. The van der Waals surface area contributed by atoms with E-state index in [4.69, 9.17) is 4.74 Å². The van der Waals surface area contributed by atoms with Crippen LogP contribution in [0.2, 0.25) is 0 Å². The van der Waals surface area contributed by atoms with Crippen LogP contribution in [0.3, 0.4) is 0 Å². The fraction of sp³-hybridized carbons (Fsp3) is 0.474. The Morgan fingerprint density at radius 3 is 3.00 bits per heavy atom. The quantitative estimate of drug-likeness (QED) is 0.785. The van der Waals surface area contributed by atoms with Gasteiger partial charge in [0.05, 0.1) is 12.8 Å². The van der Waals surface area contributed by atoms with Gasteiger partial charge in [0.15, 0.2) is 0 Å². The fourth-order valence-corrected chi connectivity index (χ4v) is 3.46. The number of ether oxygens (including phenoxy) is 1. The number of aromatic nitrogens is 2. The van der Waals surface area contributed by atoms with Crippen LogP contribution in [-0.4, -0.2) is 40.8 Å². The molecule has 1 aromatic carbocycles. The molecule has 128 valence electrons. The van der Waals surface area contributed by atoms with Crippen LogP contribution in [0.4, 0.5) is 0 Å². The summed E-state index contributed by atoms with van der Waals surface area (Å²) in [4.78, 5) is 14.8. The summed E-state index contributed by atoms with van der Waals surface area (Å²) in [5.74, 6) is 0.533. The second kappa shape index (κ2) is 7.62. The summed E-state index contributed by atoms with van der Waals surface area (Å²) in [6, 6.07) is 8.50. The molecule has 1 aliphatic carbocycles. The van der Waals surface area contributed by atoms with Crippen LogP contribution in [0.15, 0.2) is 36.7 Å². The van der Waals surface area contributed by atoms with E-state index in [-0.39, 0.29) is 5.91 Å². The molecule has 0 unspecified atom stereocenters. The van der Waals surface area contributed by atoms with Crippen molar-refractivity contribution < 1.29 is 9.53 Å². The highest BCUT2D eigenvalue weighted by Crippen LogP contribution is 2.35. The van der Waals surface area contributed by atoms with Gasteiger partial charge in [0.25, 0.3) is 0 Å². The van der Waals surface area contributed by atoms with Gasteiger partial charge in [-0.3, -0.25) is 9.48 Å². The molecule has 0 radical (unpaired) electrons. The highest BCUT2D eigenvalue weighted by molar-refractivity contribution is 5.77. The van der Waals surface area contributed by atoms with Gasteiger partial charge < -0.3 is 9.64 Å². The lowest BCUT2D eigenvalue weighted by Crippen LogP contribution is -2.34. The number of methoxy groups -OCH3 is 1. The van der Waals surface area contributed by atoms with Gasteiger partial charge in [0.1, 0.15) is 0 Å². The Balaban J connectivity index is 1.67. The highest BCUT2D eigenvalue weighted by Gasteiger charge is 2.26. The molecule has 2 aromatic rings. The molecule has 0 saturated heterocycles. The summed E-state index contributed by atoms with van der Waals surface area (Å²) in [6.07, 6.45) is 6.49. The maximum absolute atomic E-state index is 12.9. The molecule has 5 nitrogen and oxygen atoms in total. The van der Waals surface area contributed by atoms with Crippen molar-refractivity contribution in [3.05, 3.63) is 53.3 Å². The van der Waals surface area contributed by atoms with Crippen molar-refractivity contribution in [2.45, 2.75) is 31.7 Å². The smallest absolute Gasteiger partial charge is 0.223 e. The zero-order valence-corrected chi connectivity index (χ0v) is 14.4.